The van der Waals surface area contributed by atoms with Gasteiger partial charge in [-0.05, 0) is 26.0 Å². The summed E-state index contributed by atoms with van der Waals surface area (Å²) in [6.07, 6.45) is 2.80. The standard InChI is InChI=1S/C15H20N4O/c1-12(2)17-7-9-18(10-8-17)15-13(11-20)19-6-4-3-5-14(19)16-15/h3-6,11-12H,7-10H2,1-2H3. The first-order valence-corrected chi connectivity index (χ1v) is 7.12. The van der Waals surface area contributed by atoms with Gasteiger partial charge in [0.05, 0.1) is 0 Å². The summed E-state index contributed by atoms with van der Waals surface area (Å²) in [5.74, 6) is 0.814. The van der Waals surface area contributed by atoms with Gasteiger partial charge in [0, 0.05) is 38.4 Å². The van der Waals surface area contributed by atoms with E-state index in [-0.39, 0.29) is 0 Å². The zero-order valence-electron chi connectivity index (χ0n) is 12.0. The zero-order valence-corrected chi connectivity index (χ0v) is 12.0. The molecule has 106 valence electrons. The number of piperazine rings is 1. The molecule has 2 aromatic heterocycles. The molecule has 1 aliphatic heterocycles. The van der Waals surface area contributed by atoms with Gasteiger partial charge in [0.15, 0.2) is 12.1 Å². The fourth-order valence-corrected chi connectivity index (χ4v) is 2.79. The number of imidazole rings is 1. The summed E-state index contributed by atoms with van der Waals surface area (Å²) >= 11 is 0. The van der Waals surface area contributed by atoms with Gasteiger partial charge in [-0.1, -0.05) is 6.07 Å². The monoisotopic (exact) mass is 272 g/mol. The number of anilines is 1. The van der Waals surface area contributed by atoms with Crippen LogP contribution in [-0.2, 0) is 0 Å². The number of carbonyl (C=O) groups excluding carboxylic acids is 1. The Kier molecular flexibility index (Phi) is 3.44. The van der Waals surface area contributed by atoms with Crippen LogP contribution in [0.15, 0.2) is 24.4 Å². The van der Waals surface area contributed by atoms with E-state index in [0.717, 1.165) is 43.9 Å². The molecule has 0 bridgehead atoms. The number of aldehydes is 1. The van der Waals surface area contributed by atoms with Crippen LogP contribution in [0.25, 0.3) is 5.65 Å². The molecule has 0 aliphatic carbocycles. The van der Waals surface area contributed by atoms with Gasteiger partial charge >= 0.3 is 0 Å². The number of fused-ring (bicyclic) bond motifs is 1. The highest BCUT2D eigenvalue weighted by Crippen LogP contribution is 2.22. The Morgan fingerprint density at radius 1 is 1.20 bits per heavy atom. The van der Waals surface area contributed by atoms with E-state index >= 15 is 0 Å². The van der Waals surface area contributed by atoms with Crippen molar-refractivity contribution in [1.82, 2.24) is 14.3 Å². The van der Waals surface area contributed by atoms with Gasteiger partial charge in [0.25, 0.3) is 0 Å². The van der Waals surface area contributed by atoms with Gasteiger partial charge in [-0.15, -0.1) is 0 Å². The predicted molar refractivity (Wildman–Crippen MR) is 79.5 cm³/mol. The minimum absolute atomic E-state index is 0.573. The van der Waals surface area contributed by atoms with E-state index in [9.17, 15) is 4.79 Å². The zero-order chi connectivity index (χ0) is 14.1. The summed E-state index contributed by atoms with van der Waals surface area (Å²) in [5.41, 5.74) is 1.48. The molecule has 1 fully saturated rings. The maximum atomic E-state index is 11.4. The molecule has 0 saturated carbocycles. The van der Waals surface area contributed by atoms with Crippen LogP contribution in [0.3, 0.4) is 0 Å². The molecule has 0 unspecified atom stereocenters. The smallest absolute Gasteiger partial charge is 0.170 e. The minimum atomic E-state index is 0.573. The van der Waals surface area contributed by atoms with Crippen molar-refractivity contribution in [2.45, 2.75) is 19.9 Å². The van der Waals surface area contributed by atoms with Crippen LogP contribution in [0, 0.1) is 0 Å². The number of aromatic nitrogens is 2. The minimum Gasteiger partial charge on any atom is -0.352 e. The third-order valence-corrected chi connectivity index (χ3v) is 4.00. The van der Waals surface area contributed by atoms with Crippen LogP contribution in [0.1, 0.15) is 24.3 Å². The number of carbonyl (C=O) groups is 1. The Labute approximate surface area is 118 Å². The third kappa shape index (κ3) is 2.18. The van der Waals surface area contributed by atoms with Gasteiger partial charge in [-0.2, -0.15) is 0 Å². The highest BCUT2D eigenvalue weighted by Gasteiger charge is 2.23. The van der Waals surface area contributed by atoms with E-state index in [1.807, 2.05) is 28.8 Å². The Morgan fingerprint density at radius 3 is 2.60 bits per heavy atom. The summed E-state index contributed by atoms with van der Waals surface area (Å²) in [6, 6.07) is 6.37. The van der Waals surface area contributed by atoms with E-state index in [1.165, 1.54) is 0 Å². The maximum Gasteiger partial charge on any atom is 0.170 e. The SMILES string of the molecule is CC(C)N1CCN(c2nc3ccccn3c2C=O)CC1. The van der Waals surface area contributed by atoms with Crippen LogP contribution in [0.4, 0.5) is 5.82 Å². The van der Waals surface area contributed by atoms with Crippen LogP contribution >= 0.6 is 0 Å². The van der Waals surface area contributed by atoms with Crippen LogP contribution in [0.5, 0.6) is 0 Å². The van der Waals surface area contributed by atoms with Gasteiger partial charge < -0.3 is 4.90 Å². The lowest BCUT2D eigenvalue weighted by Gasteiger charge is -2.37. The Hall–Kier alpha value is -1.88. The van der Waals surface area contributed by atoms with E-state index < -0.39 is 0 Å². The Morgan fingerprint density at radius 2 is 1.95 bits per heavy atom. The summed E-state index contributed by atoms with van der Waals surface area (Å²) in [4.78, 5) is 20.7. The highest BCUT2D eigenvalue weighted by molar-refractivity contribution is 5.83. The molecule has 0 atom stereocenters. The van der Waals surface area contributed by atoms with E-state index in [2.05, 4.69) is 28.6 Å². The molecule has 0 amide bonds. The van der Waals surface area contributed by atoms with Crippen molar-refractivity contribution in [3.05, 3.63) is 30.1 Å². The molecule has 0 spiro atoms. The molecule has 3 heterocycles. The van der Waals surface area contributed by atoms with Crippen molar-refractivity contribution < 1.29 is 4.79 Å². The van der Waals surface area contributed by atoms with Crippen molar-refractivity contribution in [2.75, 3.05) is 31.1 Å². The van der Waals surface area contributed by atoms with Gasteiger partial charge in [-0.3, -0.25) is 14.1 Å². The summed E-state index contributed by atoms with van der Waals surface area (Å²) < 4.78 is 1.86. The average molecular weight is 272 g/mol. The number of nitrogens with zero attached hydrogens (tertiary/aromatic N) is 4. The molecule has 20 heavy (non-hydrogen) atoms. The lowest BCUT2D eigenvalue weighted by molar-refractivity contribution is 0.111. The van der Waals surface area contributed by atoms with Crippen molar-refractivity contribution in [2.24, 2.45) is 0 Å². The molecular formula is C15H20N4O. The lowest BCUT2D eigenvalue weighted by atomic mass is 10.2. The summed E-state index contributed by atoms with van der Waals surface area (Å²) in [7, 11) is 0. The molecule has 2 aromatic rings. The summed E-state index contributed by atoms with van der Waals surface area (Å²) in [6.45, 7) is 8.31. The van der Waals surface area contributed by atoms with Crippen molar-refractivity contribution in [3.8, 4) is 0 Å². The fraction of sp³-hybridized carbons (Fsp3) is 0.467. The van der Waals surface area contributed by atoms with Crippen LogP contribution in [-0.4, -0.2) is 52.8 Å². The van der Waals surface area contributed by atoms with Crippen LogP contribution < -0.4 is 4.90 Å². The van der Waals surface area contributed by atoms with Crippen molar-refractivity contribution in [1.29, 1.82) is 0 Å². The molecule has 1 aliphatic rings. The van der Waals surface area contributed by atoms with Crippen molar-refractivity contribution >= 4 is 17.8 Å². The van der Waals surface area contributed by atoms with Gasteiger partial charge in [0.2, 0.25) is 0 Å². The van der Waals surface area contributed by atoms with E-state index in [0.29, 0.717) is 11.7 Å². The molecule has 5 nitrogen and oxygen atoms in total. The summed E-state index contributed by atoms with van der Waals surface area (Å²) in [5, 5.41) is 0. The van der Waals surface area contributed by atoms with E-state index in [4.69, 9.17) is 0 Å². The first kappa shape index (κ1) is 13.1. The van der Waals surface area contributed by atoms with Crippen molar-refractivity contribution in [3.63, 3.8) is 0 Å². The molecule has 5 heteroatoms. The predicted octanol–water partition coefficient (Wildman–Crippen LogP) is 1.68. The lowest BCUT2D eigenvalue weighted by Crippen LogP contribution is -2.49. The Bertz CT molecular complexity index is 611. The second kappa shape index (κ2) is 5.25. The molecular weight excluding hydrogens is 252 g/mol. The Balaban J connectivity index is 1.89. The van der Waals surface area contributed by atoms with Gasteiger partial charge in [0.1, 0.15) is 11.3 Å². The number of rotatable bonds is 3. The normalized spacial score (nSPS) is 17.1. The van der Waals surface area contributed by atoms with Crippen LogP contribution in [0.2, 0.25) is 0 Å². The number of hydrogen-bond acceptors (Lipinski definition) is 4. The second-order valence-electron chi connectivity index (χ2n) is 5.48. The average Bonchev–Trinajstić information content (AvgIpc) is 2.85. The van der Waals surface area contributed by atoms with Gasteiger partial charge in [-0.25, -0.2) is 4.98 Å². The quantitative estimate of drug-likeness (QED) is 0.797. The second-order valence-corrected chi connectivity index (χ2v) is 5.48. The first-order valence-electron chi connectivity index (χ1n) is 7.12. The highest BCUT2D eigenvalue weighted by atomic mass is 16.1. The molecule has 0 aromatic carbocycles. The number of hydrogen-bond donors (Lipinski definition) is 0. The largest absolute Gasteiger partial charge is 0.352 e. The maximum absolute atomic E-state index is 11.4. The molecule has 3 rings (SSSR count). The molecule has 1 saturated heterocycles. The first-order chi connectivity index (χ1) is 9.70. The molecule has 0 N–H and O–H groups in total. The van der Waals surface area contributed by atoms with E-state index in [1.54, 1.807) is 0 Å². The third-order valence-electron chi connectivity index (χ3n) is 4.00. The number of pyridine rings is 1. The fourth-order valence-electron chi connectivity index (χ4n) is 2.79. The molecule has 0 radical (unpaired) electrons. The topological polar surface area (TPSA) is 40.9 Å².